The van der Waals surface area contributed by atoms with Crippen LogP contribution < -0.4 is 4.72 Å². The summed E-state index contributed by atoms with van der Waals surface area (Å²) >= 11 is 1.60. The molecule has 0 aliphatic rings. The van der Waals surface area contributed by atoms with Crippen molar-refractivity contribution in [1.82, 2.24) is 19.5 Å². The maximum absolute atomic E-state index is 12.1. The molecule has 0 spiro atoms. The third kappa shape index (κ3) is 3.72. The lowest BCUT2D eigenvalue weighted by molar-refractivity contribution is 0.581. The zero-order valence-corrected chi connectivity index (χ0v) is 15.1. The van der Waals surface area contributed by atoms with Gasteiger partial charge in [0.1, 0.15) is 4.90 Å². The van der Waals surface area contributed by atoms with Crippen molar-refractivity contribution in [3.8, 4) is 11.3 Å². The average molecular weight is 362 g/mol. The van der Waals surface area contributed by atoms with Gasteiger partial charge >= 0.3 is 0 Å². The van der Waals surface area contributed by atoms with E-state index in [2.05, 4.69) is 14.8 Å². The Labute approximate surface area is 145 Å². The highest BCUT2D eigenvalue weighted by Crippen LogP contribution is 2.27. The van der Waals surface area contributed by atoms with E-state index in [4.69, 9.17) is 0 Å². The van der Waals surface area contributed by atoms with Gasteiger partial charge in [0.05, 0.1) is 16.9 Å². The molecule has 3 rings (SSSR count). The van der Waals surface area contributed by atoms with E-state index in [1.807, 2.05) is 37.3 Å². The lowest BCUT2D eigenvalue weighted by Gasteiger charge is -2.02. The van der Waals surface area contributed by atoms with Crippen LogP contribution in [0.3, 0.4) is 0 Å². The first kappa shape index (κ1) is 16.8. The number of thiazole rings is 1. The predicted molar refractivity (Wildman–Crippen MR) is 94.4 cm³/mol. The second kappa shape index (κ2) is 6.84. The SMILES string of the molecule is Cc1sc(CCNS(=O)(=O)c2cnn(C)c2)nc1-c1ccccc1. The fraction of sp³-hybridized carbons (Fsp3) is 0.250. The summed E-state index contributed by atoms with van der Waals surface area (Å²) in [5.41, 5.74) is 2.04. The molecule has 0 radical (unpaired) electrons. The van der Waals surface area contributed by atoms with Crippen LogP contribution in [-0.4, -0.2) is 29.7 Å². The Kier molecular flexibility index (Phi) is 4.79. The summed E-state index contributed by atoms with van der Waals surface area (Å²) in [6, 6.07) is 9.98. The van der Waals surface area contributed by atoms with Gasteiger partial charge in [0.15, 0.2) is 0 Å². The minimum Gasteiger partial charge on any atom is -0.274 e. The number of hydrogen-bond donors (Lipinski definition) is 1. The Morgan fingerprint density at radius 2 is 2.00 bits per heavy atom. The molecule has 6 nitrogen and oxygen atoms in total. The van der Waals surface area contributed by atoms with Gasteiger partial charge < -0.3 is 0 Å². The number of sulfonamides is 1. The molecule has 0 saturated carbocycles. The highest BCUT2D eigenvalue weighted by Gasteiger charge is 2.16. The van der Waals surface area contributed by atoms with Gasteiger partial charge in [-0.3, -0.25) is 4.68 Å². The van der Waals surface area contributed by atoms with Gasteiger partial charge in [-0.1, -0.05) is 30.3 Å². The number of hydrogen-bond acceptors (Lipinski definition) is 5. The summed E-state index contributed by atoms with van der Waals surface area (Å²) in [6.45, 7) is 2.34. The molecular formula is C16H18N4O2S2. The van der Waals surface area contributed by atoms with Crippen LogP contribution in [-0.2, 0) is 23.5 Å². The van der Waals surface area contributed by atoms with Gasteiger partial charge in [-0.2, -0.15) is 5.10 Å². The smallest absolute Gasteiger partial charge is 0.243 e. The maximum Gasteiger partial charge on any atom is 0.243 e. The number of benzene rings is 1. The Morgan fingerprint density at radius 1 is 1.25 bits per heavy atom. The van der Waals surface area contributed by atoms with Gasteiger partial charge in [-0.05, 0) is 6.92 Å². The highest BCUT2D eigenvalue weighted by molar-refractivity contribution is 7.89. The maximum atomic E-state index is 12.1. The molecule has 0 aliphatic heterocycles. The van der Waals surface area contributed by atoms with Crippen LogP contribution in [0.1, 0.15) is 9.88 Å². The Bertz CT molecular complexity index is 930. The zero-order valence-electron chi connectivity index (χ0n) is 13.4. The van der Waals surface area contributed by atoms with Crippen LogP contribution >= 0.6 is 11.3 Å². The Hall–Kier alpha value is -2.03. The molecule has 0 amide bonds. The molecule has 0 unspecified atom stereocenters. The van der Waals surface area contributed by atoms with E-state index in [0.717, 1.165) is 21.1 Å². The van der Waals surface area contributed by atoms with Gasteiger partial charge in [-0.25, -0.2) is 18.1 Å². The van der Waals surface area contributed by atoms with Crippen LogP contribution in [0, 0.1) is 6.92 Å². The van der Waals surface area contributed by atoms with E-state index in [1.54, 1.807) is 18.4 Å². The van der Waals surface area contributed by atoms with E-state index >= 15 is 0 Å². The van der Waals surface area contributed by atoms with Crippen molar-refractivity contribution in [3.63, 3.8) is 0 Å². The highest BCUT2D eigenvalue weighted by atomic mass is 32.2. The molecule has 2 heterocycles. The third-order valence-electron chi connectivity index (χ3n) is 3.51. The summed E-state index contributed by atoms with van der Waals surface area (Å²) in [5, 5.41) is 4.80. The Balaban J connectivity index is 1.66. The lowest BCUT2D eigenvalue weighted by atomic mass is 10.1. The average Bonchev–Trinajstić information content (AvgIpc) is 3.14. The standard InChI is InChI=1S/C16H18N4O2S2/c1-12-16(13-6-4-3-5-7-13)19-15(23-12)8-9-18-24(21,22)14-10-17-20(2)11-14/h3-7,10-11,18H,8-9H2,1-2H3. The Morgan fingerprint density at radius 3 is 2.67 bits per heavy atom. The molecular weight excluding hydrogens is 344 g/mol. The van der Waals surface area contributed by atoms with Gasteiger partial charge in [-0.15, -0.1) is 11.3 Å². The van der Waals surface area contributed by atoms with E-state index in [0.29, 0.717) is 13.0 Å². The van der Waals surface area contributed by atoms with Crippen LogP contribution in [0.15, 0.2) is 47.6 Å². The van der Waals surface area contributed by atoms with Crippen molar-refractivity contribution in [2.75, 3.05) is 6.54 Å². The number of nitrogens with zero attached hydrogens (tertiary/aromatic N) is 3. The number of nitrogens with one attached hydrogen (secondary N) is 1. The molecule has 0 atom stereocenters. The monoisotopic (exact) mass is 362 g/mol. The van der Waals surface area contributed by atoms with Gasteiger partial charge in [0, 0.05) is 36.7 Å². The number of rotatable bonds is 6. The fourth-order valence-electron chi connectivity index (χ4n) is 2.34. The first-order valence-corrected chi connectivity index (χ1v) is 9.76. The summed E-state index contributed by atoms with van der Waals surface area (Å²) in [6.07, 6.45) is 3.37. The minimum atomic E-state index is -3.52. The molecule has 1 aromatic carbocycles. The molecule has 1 N–H and O–H groups in total. The van der Waals surface area contributed by atoms with Crippen molar-refractivity contribution in [2.45, 2.75) is 18.2 Å². The van der Waals surface area contributed by atoms with E-state index in [9.17, 15) is 8.42 Å². The van der Waals surface area contributed by atoms with E-state index in [-0.39, 0.29) is 4.90 Å². The van der Waals surface area contributed by atoms with Crippen molar-refractivity contribution in [3.05, 3.63) is 52.6 Å². The third-order valence-corrected chi connectivity index (χ3v) is 5.96. The summed E-state index contributed by atoms with van der Waals surface area (Å²) in [5.74, 6) is 0. The van der Waals surface area contributed by atoms with Crippen molar-refractivity contribution < 1.29 is 8.42 Å². The molecule has 3 aromatic rings. The predicted octanol–water partition coefficient (Wildman–Crippen LogP) is 2.37. The molecule has 2 aromatic heterocycles. The molecule has 0 saturated heterocycles. The fourth-order valence-corrected chi connectivity index (χ4v) is 4.30. The summed E-state index contributed by atoms with van der Waals surface area (Å²) < 4.78 is 28.4. The minimum absolute atomic E-state index is 0.172. The topological polar surface area (TPSA) is 76.9 Å². The largest absolute Gasteiger partial charge is 0.274 e. The van der Waals surface area contributed by atoms with Gasteiger partial charge in [0.2, 0.25) is 10.0 Å². The summed E-state index contributed by atoms with van der Waals surface area (Å²) in [7, 11) is -1.84. The van der Waals surface area contributed by atoms with Crippen molar-refractivity contribution in [1.29, 1.82) is 0 Å². The molecule has 24 heavy (non-hydrogen) atoms. The first-order chi connectivity index (χ1) is 11.5. The molecule has 0 bridgehead atoms. The molecule has 126 valence electrons. The van der Waals surface area contributed by atoms with Crippen molar-refractivity contribution in [2.24, 2.45) is 7.05 Å². The van der Waals surface area contributed by atoms with E-state index < -0.39 is 10.0 Å². The lowest BCUT2D eigenvalue weighted by Crippen LogP contribution is -2.25. The molecule has 8 heteroatoms. The molecule has 0 aliphatic carbocycles. The van der Waals surface area contributed by atoms with Crippen LogP contribution in [0.5, 0.6) is 0 Å². The first-order valence-electron chi connectivity index (χ1n) is 7.46. The normalized spacial score (nSPS) is 11.8. The number of aryl methyl sites for hydroxylation is 2. The van der Waals surface area contributed by atoms with Gasteiger partial charge in [0.25, 0.3) is 0 Å². The summed E-state index contributed by atoms with van der Waals surface area (Å²) in [4.78, 5) is 5.95. The van der Waals surface area contributed by atoms with Crippen molar-refractivity contribution >= 4 is 21.4 Å². The van der Waals surface area contributed by atoms with E-state index in [1.165, 1.54) is 17.1 Å². The second-order valence-electron chi connectivity index (χ2n) is 5.38. The van der Waals surface area contributed by atoms with Crippen LogP contribution in [0.2, 0.25) is 0 Å². The van der Waals surface area contributed by atoms with Crippen LogP contribution in [0.25, 0.3) is 11.3 Å². The van der Waals surface area contributed by atoms with Crippen LogP contribution in [0.4, 0.5) is 0 Å². The zero-order chi connectivity index (χ0) is 17.2. The number of aromatic nitrogens is 3. The quantitative estimate of drug-likeness (QED) is 0.730. The molecule has 0 fully saturated rings. The second-order valence-corrected chi connectivity index (χ2v) is 8.43.